The molecule has 0 aromatic heterocycles. The Morgan fingerprint density at radius 1 is 1.19 bits per heavy atom. The van der Waals surface area contributed by atoms with Crippen molar-refractivity contribution in [2.45, 2.75) is 19.5 Å². The maximum atomic E-state index is 8.69. The predicted octanol–water partition coefficient (Wildman–Crippen LogP) is 1.51. The standard InChI is InChI=1S/C17H25NO3/c1-15(14-21-3)18(10-12-20-2)13-17-8-6-16(7-9-17)5-4-11-19/h6-9,15,19H,10-14H2,1-3H3. The van der Waals surface area contributed by atoms with Crippen LogP contribution in [-0.2, 0) is 16.0 Å². The number of aliphatic hydroxyl groups is 1. The molecule has 1 rings (SSSR count). The summed E-state index contributed by atoms with van der Waals surface area (Å²) in [7, 11) is 3.44. The van der Waals surface area contributed by atoms with E-state index in [1.54, 1.807) is 14.2 Å². The van der Waals surface area contributed by atoms with Gasteiger partial charge in [0.25, 0.3) is 0 Å². The van der Waals surface area contributed by atoms with Gasteiger partial charge in [-0.25, -0.2) is 0 Å². The van der Waals surface area contributed by atoms with Gasteiger partial charge in [0.2, 0.25) is 0 Å². The Kier molecular flexibility index (Phi) is 8.72. The Labute approximate surface area is 127 Å². The van der Waals surface area contributed by atoms with E-state index in [2.05, 4.69) is 35.8 Å². The normalized spacial score (nSPS) is 12.0. The van der Waals surface area contributed by atoms with Crippen molar-refractivity contribution < 1.29 is 14.6 Å². The molecule has 0 aliphatic rings. The fourth-order valence-electron chi connectivity index (χ4n) is 2.08. The Hall–Kier alpha value is -1.38. The van der Waals surface area contributed by atoms with Crippen molar-refractivity contribution in [3.8, 4) is 11.8 Å². The number of hydrogen-bond donors (Lipinski definition) is 1. The SMILES string of the molecule is COCCN(Cc1ccc(C#CCO)cc1)C(C)COC. The van der Waals surface area contributed by atoms with E-state index in [0.29, 0.717) is 19.3 Å². The van der Waals surface area contributed by atoms with E-state index in [9.17, 15) is 0 Å². The third kappa shape index (κ3) is 6.74. The molecular weight excluding hydrogens is 266 g/mol. The number of aliphatic hydroxyl groups excluding tert-OH is 1. The van der Waals surface area contributed by atoms with Crippen molar-refractivity contribution in [2.24, 2.45) is 0 Å². The first-order chi connectivity index (χ1) is 10.2. The van der Waals surface area contributed by atoms with Gasteiger partial charge in [-0.3, -0.25) is 4.90 Å². The molecule has 1 atom stereocenters. The number of methoxy groups -OCH3 is 2. The number of rotatable bonds is 8. The van der Waals surface area contributed by atoms with Crippen molar-refractivity contribution >= 4 is 0 Å². The lowest BCUT2D eigenvalue weighted by Crippen LogP contribution is -2.38. The molecule has 0 aliphatic carbocycles. The summed E-state index contributed by atoms with van der Waals surface area (Å²) in [5.41, 5.74) is 2.14. The van der Waals surface area contributed by atoms with E-state index in [0.717, 1.165) is 18.7 Å². The lowest BCUT2D eigenvalue weighted by Gasteiger charge is -2.28. The largest absolute Gasteiger partial charge is 0.384 e. The van der Waals surface area contributed by atoms with E-state index in [-0.39, 0.29) is 6.61 Å². The average Bonchev–Trinajstić information content (AvgIpc) is 2.50. The first-order valence-corrected chi connectivity index (χ1v) is 7.11. The van der Waals surface area contributed by atoms with Crippen molar-refractivity contribution in [1.29, 1.82) is 0 Å². The zero-order chi connectivity index (χ0) is 15.5. The van der Waals surface area contributed by atoms with Crippen LogP contribution in [0.15, 0.2) is 24.3 Å². The molecule has 0 heterocycles. The van der Waals surface area contributed by atoms with Gasteiger partial charge < -0.3 is 14.6 Å². The molecule has 0 spiro atoms. The molecule has 21 heavy (non-hydrogen) atoms. The number of nitrogens with zero attached hydrogens (tertiary/aromatic N) is 1. The predicted molar refractivity (Wildman–Crippen MR) is 84.0 cm³/mol. The van der Waals surface area contributed by atoms with Crippen molar-refractivity contribution in [1.82, 2.24) is 4.90 Å². The third-order valence-electron chi connectivity index (χ3n) is 3.27. The minimum Gasteiger partial charge on any atom is -0.384 e. The molecule has 116 valence electrons. The lowest BCUT2D eigenvalue weighted by atomic mass is 10.1. The van der Waals surface area contributed by atoms with Crippen molar-refractivity contribution in [3.05, 3.63) is 35.4 Å². The second-order valence-electron chi connectivity index (χ2n) is 4.92. The van der Waals surface area contributed by atoms with Crippen LogP contribution in [0.4, 0.5) is 0 Å². The Morgan fingerprint density at radius 3 is 2.48 bits per heavy atom. The maximum absolute atomic E-state index is 8.69. The van der Waals surface area contributed by atoms with Gasteiger partial charge >= 0.3 is 0 Å². The second-order valence-corrected chi connectivity index (χ2v) is 4.92. The fourth-order valence-corrected chi connectivity index (χ4v) is 2.08. The van der Waals surface area contributed by atoms with Crippen LogP contribution in [0.2, 0.25) is 0 Å². The van der Waals surface area contributed by atoms with E-state index >= 15 is 0 Å². The molecule has 0 saturated heterocycles. The van der Waals surface area contributed by atoms with Crippen molar-refractivity contribution in [3.63, 3.8) is 0 Å². The molecular formula is C17H25NO3. The first kappa shape index (κ1) is 17.7. The van der Waals surface area contributed by atoms with Crippen LogP contribution in [-0.4, -0.2) is 56.6 Å². The molecule has 0 amide bonds. The van der Waals surface area contributed by atoms with Crippen molar-refractivity contribution in [2.75, 3.05) is 40.6 Å². The van der Waals surface area contributed by atoms with E-state index in [4.69, 9.17) is 14.6 Å². The summed E-state index contributed by atoms with van der Waals surface area (Å²) in [6, 6.07) is 8.43. The molecule has 1 aromatic rings. The summed E-state index contributed by atoms with van der Waals surface area (Å²) in [5, 5.41) is 8.69. The number of hydrogen-bond acceptors (Lipinski definition) is 4. The smallest absolute Gasteiger partial charge is 0.104 e. The zero-order valence-corrected chi connectivity index (χ0v) is 13.1. The van der Waals surface area contributed by atoms with Crippen LogP contribution in [0.1, 0.15) is 18.1 Å². The molecule has 1 aromatic carbocycles. The molecule has 0 radical (unpaired) electrons. The van der Waals surface area contributed by atoms with E-state index in [1.165, 1.54) is 5.56 Å². The van der Waals surface area contributed by atoms with Gasteiger partial charge in [-0.05, 0) is 24.6 Å². The van der Waals surface area contributed by atoms with Gasteiger partial charge in [-0.1, -0.05) is 24.0 Å². The number of ether oxygens (including phenoxy) is 2. The second kappa shape index (κ2) is 10.4. The summed E-state index contributed by atoms with van der Waals surface area (Å²) in [5.74, 6) is 5.55. The molecule has 0 bridgehead atoms. The minimum absolute atomic E-state index is 0.110. The Balaban J connectivity index is 2.68. The highest BCUT2D eigenvalue weighted by atomic mass is 16.5. The van der Waals surface area contributed by atoms with Gasteiger partial charge in [-0.2, -0.15) is 0 Å². The van der Waals surface area contributed by atoms with Gasteiger partial charge in [0.05, 0.1) is 13.2 Å². The fraction of sp³-hybridized carbons (Fsp3) is 0.529. The topological polar surface area (TPSA) is 41.9 Å². The highest BCUT2D eigenvalue weighted by Crippen LogP contribution is 2.10. The van der Waals surface area contributed by atoms with Crippen LogP contribution in [0.5, 0.6) is 0 Å². The Bertz CT molecular complexity index is 447. The molecule has 0 aliphatic heterocycles. The van der Waals surface area contributed by atoms with Crippen LogP contribution in [0.3, 0.4) is 0 Å². The molecule has 4 heteroatoms. The highest BCUT2D eigenvalue weighted by Gasteiger charge is 2.13. The van der Waals surface area contributed by atoms with Gasteiger partial charge in [0.1, 0.15) is 6.61 Å². The highest BCUT2D eigenvalue weighted by molar-refractivity contribution is 5.36. The van der Waals surface area contributed by atoms with E-state index < -0.39 is 0 Å². The molecule has 0 fully saturated rings. The van der Waals surface area contributed by atoms with Gasteiger partial charge in [-0.15, -0.1) is 0 Å². The van der Waals surface area contributed by atoms with Crippen LogP contribution in [0.25, 0.3) is 0 Å². The maximum Gasteiger partial charge on any atom is 0.104 e. The summed E-state index contributed by atoms with van der Waals surface area (Å²) in [6.45, 7) is 5.16. The summed E-state index contributed by atoms with van der Waals surface area (Å²) in [4.78, 5) is 2.33. The Morgan fingerprint density at radius 2 is 1.90 bits per heavy atom. The first-order valence-electron chi connectivity index (χ1n) is 7.11. The summed E-state index contributed by atoms with van der Waals surface area (Å²) >= 11 is 0. The monoisotopic (exact) mass is 291 g/mol. The molecule has 0 saturated carbocycles. The summed E-state index contributed by atoms with van der Waals surface area (Å²) in [6.07, 6.45) is 0. The minimum atomic E-state index is -0.110. The average molecular weight is 291 g/mol. The van der Waals surface area contributed by atoms with E-state index in [1.807, 2.05) is 12.1 Å². The summed E-state index contributed by atoms with van der Waals surface area (Å²) < 4.78 is 10.4. The lowest BCUT2D eigenvalue weighted by molar-refractivity contribution is 0.0705. The van der Waals surface area contributed by atoms with Gasteiger partial charge in [0, 0.05) is 38.9 Å². The third-order valence-corrected chi connectivity index (χ3v) is 3.27. The number of benzene rings is 1. The molecule has 1 N–H and O–H groups in total. The van der Waals surface area contributed by atoms with Crippen LogP contribution >= 0.6 is 0 Å². The van der Waals surface area contributed by atoms with Gasteiger partial charge in [0.15, 0.2) is 0 Å². The quantitative estimate of drug-likeness (QED) is 0.737. The van der Waals surface area contributed by atoms with Crippen LogP contribution < -0.4 is 0 Å². The van der Waals surface area contributed by atoms with Crippen LogP contribution in [0, 0.1) is 11.8 Å². The molecule has 1 unspecified atom stereocenters. The molecule has 4 nitrogen and oxygen atoms in total. The zero-order valence-electron chi connectivity index (χ0n) is 13.1.